The van der Waals surface area contributed by atoms with Crippen molar-refractivity contribution in [2.75, 3.05) is 0 Å². The summed E-state index contributed by atoms with van der Waals surface area (Å²) < 4.78 is 31.7. The molecule has 0 unspecified atom stereocenters. The van der Waals surface area contributed by atoms with E-state index in [4.69, 9.17) is 4.52 Å². The highest BCUT2D eigenvalue weighted by molar-refractivity contribution is 5.65. The lowest BCUT2D eigenvalue weighted by atomic mass is 10.2. The van der Waals surface area contributed by atoms with Crippen LogP contribution in [0.1, 0.15) is 0 Å². The number of phenols is 1. The fourth-order valence-electron chi connectivity index (χ4n) is 1.76. The minimum absolute atomic E-state index is 0.0294. The highest BCUT2D eigenvalue weighted by atomic mass is 19.1. The quantitative estimate of drug-likeness (QED) is 0.778. The molecule has 0 radical (unpaired) electrons. The minimum atomic E-state index is -0.552. The van der Waals surface area contributed by atoms with Crippen molar-refractivity contribution in [1.82, 2.24) is 10.1 Å². The summed E-state index contributed by atoms with van der Waals surface area (Å²) in [5.74, 6) is -1.30. The molecule has 0 bridgehead atoms. The average Bonchev–Trinajstić information content (AvgIpc) is 2.91. The molecule has 20 heavy (non-hydrogen) atoms. The van der Waals surface area contributed by atoms with Gasteiger partial charge in [0.2, 0.25) is 5.82 Å². The largest absolute Gasteiger partial charge is 0.507 e. The van der Waals surface area contributed by atoms with Crippen LogP contribution in [0.15, 0.2) is 47.0 Å². The molecule has 0 aliphatic rings. The number of benzene rings is 2. The monoisotopic (exact) mass is 274 g/mol. The Labute approximate surface area is 112 Å². The zero-order valence-corrected chi connectivity index (χ0v) is 10.0. The van der Waals surface area contributed by atoms with E-state index < -0.39 is 11.6 Å². The molecule has 1 N–H and O–H groups in total. The third-order valence-electron chi connectivity index (χ3n) is 2.73. The maximum absolute atomic E-state index is 13.6. The summed E-state index contributed by atoms with van der Waals surface area (Å²) in [4.78, 5) is 3.97. The zero-order valence-electron chi connectivity index (χ0n) is 10.0. The summed E-state index contributed by atoms with van der Waals surface area (Å²) in [7, 11) is 0. The molecule has 100 valence electrons. The number of halogens is 2. The first-order valence-corrected chi connectivity index (χ1v) is 5.72. The van der Waals surface area contributed by atoms with Crippen LogP contribution < -0.4 is 0 Å². The van der Waals surface area contributed by atoms with Crippen molar-refractivity contribution in [1.29, 1.82) is 0 Å². The lowest BCUT2D eigenvalue weighted by Crippen LogP contribution is -1.86. The second-order valence-electron chi connectivity index (χ2n) is 4.06. The van der Waals surface area contributed by atoms with E-state index in [0.29, 0.717) is 0 Å². The molecule has 0 saturated carbocycles. The third kappa shape index (κ3) is 2.11. The van der Waals surface area contributed by atoms with Crippen LogP contribution in [0, 0.1) is 11.6 Å². The Balaban J connectivity index is 2.07. The van der Waals surface area contributed by atoms with E-state index in [-0.39, 0.29) is 28.6 Å². The van der Waals surface area contributed by atoms with Crippen molar-refractivity contribution < 1.29 is 18.4 Å². The number of hydrogen-bond acceptors (Lipinski definition) is 4. The number of hydrogen-bond donors (Lipinski definition) is 1. The molecular weight excluding hydrogens is 266 g/mol. The second kappa shape index (κ2) is 4.73. The summed E-state index contributed by atoms with van der Waals surface area (Å²) in [6.45, 7) is 0. The van der Waals surface area contributed by atoms with E-state index in [2.05, 4.69) is 10.1 Å². The van der Waals surface area contributed by atoms with Crippen LogP contribution in [-0.4, -0.2) is 15.2 Å². The van der Waals surface area contributed by atoms with Gasteiger partial charge >= 0.3 is 0 Å². The number of rotatable bonds is 2. The summed E-state index contributed by atoms with van der Waals surface area (Å²) in [6, 6.07) is 9.28. The SMILES string of the molecule is Oc1ccc(F)cc1-c1nc(-c2ccccc2F)no1. The minimum Gasteiger partial charge on any atom is -0.507 e. The van der Waals surface area contributed by atoms with Gasteiger partial charge in [-0.25, -0.2) is 8.78 Å². The fourth-order valence-corrected chi connectivity index (χ4v) is 1.76. The van der Waals surface area contributed by atoms with Gasteiger partial charge in [-0.15, -0.1) is 0 Å². The Kier molecular flexibility index (Phi) is 2.90. The van der Waals surface area contributed by atoms with Crippen LogP contribution in [0.3, 0.4) is 0 Å². The fraction of sp³-hybridized carbons (Fsp3) is 0. The van der Waals surface area contributed by atoms with Gasteiger partial charge in [0.25, 0.3) is 5.89 Å². The molecule has 1 heterocycles. The maximum atomic E-state index is 13.6. The van der Waals surface area contributed by atoms with Crippen LogP contribution >= 0.6 is 0 Å². The Morgan fingerprint density at radius 2 is 1.80 bits per heavy atom. The van der Waals surface area contributed by atoms with E-state index in [1.54, 1.807) is 6.07 Å². The predicted molar refractivity (Wildman–Crippen MR) is 66.8 cm³/mol. The van der Waals surface area contributed by atoms with E-state index >= 15 is 0 Å². The van der Waals surface area contributed by atoms with Gasteiger partial charge < -0.3 is 9.63 Å². The summed E-state index contributed by atoms with van der Waals surface area (Å²) in [5, 5.41) is 13.3. The van der Waals surface area contributed by atoms with Gasteiger partial charge in [0.15, 0.2) is 0 Å². The highest BCUT2D eigenvalue weighted by Gasteiger charge is 2.16. The van der Waals surface area contributed by atoms with Crippen molar-refractivity contribution >= 4 is 0 Å². The molecule has 3 aromatic rings. The van der Waals surface area contributed by atoms with Gasteiger partial charge in [-0.2, -0.15) is 4.98 Å². The van der Waals surface area contributed by atoms with Crippen molar-refractivity contribution in [3.63, 3.8) is 0 Å². The van der Waals surface area contributed by atoms with E-state index in [0.717, 1.165) is 12.1 Å². The molecule has 0 spiro atoms. The molecular formula is C14H8F2N2O2. The van der Waals surface area contributed by atoms with Gasteiger partial charge in [-0.3, -0.25) is 0 Å². The number of phenolic OH excluding ortho intramolecular Hbond substituents is 1. The number of aromatic nitrogens is 2. The Hall–Kier alpha value is -2.76. The molecule has 0 saturated heterocycles. The van der Waals surface area contributed by atoms with E-state index in [1.807, 2.05) is 0 Å². The first kappa shape index (κ1) is 12.3. The molecule has 4 nitrogen and oxygen atoms in total. The highest BCUT2D eigenvalue weighted by Crippen LogP contribution is 2.30. The smallest absolute Gasteiger partial charge is 0.262 e. The van der Waals surface area contributed by atoms with Crippen LogP contribution in [0.5, 0.6) is 5.75 Å². The second-order valence-corrected chi connectivity index (χ2v) is 4.06. The summed E-state index contributed by atoms with van der Waals surface area (Å²) in [6.07, 6.45) is 0. The van der Waals surface area contributed by atoms with Crippen molar-refractivity contribution in [2.24, 2.45) is 0 Å². The van der Waals surface area contributed by atoms with Gasteiger partial charge in [0, 0.05) is 0 Å². The van der Waals surface area contributed by atoms with E-state index in [9.17, 15) is 13.9 Å². The van der Waals surface area contributed by atoms with Crippen molar-refractivity contribution in [2.45, 2.75) is 0 Å². The van der Waals surface area contributed by atoms with E-state index in [1.165, 1.54) is 24.3 Å². The van der Waals surface area contributed by atoms with Crippen LogP contribution in [0.2, 0.25) is 0 Å². The van der Waals surface area contributed by atoms with Crippen LogP contribution in [0.4, 0.5) is 8.78 Å². The molecule has 0 aliphatic heterocycles. The molecule has 6 heteroatoms. The standard InChI is InChI=1S/C14H8F2N2O2/c15-8-5-6-12(19)10(7-8)14-17-13(18-20-14)9-3-1-2-4-11(9)16/h1-7,19H. The predicted octanol–water partition coefficient (Wildman–Crippen LogP) is 3.39. The molecule has 0 atom stereocenters. The normalized spacial score (nSPS) is 10.7. The van der Waals surface area contributed by atoms with Crippen LogP contribution in [0.25, 0.3) is 22.8 Å². The lowest BCUT2D eigenvalue weighted by Gasteiger charge is -1.98. The average molecular weight is 274 g/mol. The maximum Gasteiger partial charge on any atom is 0.262 e. The molecule has 3 rings (SSSR count). The first-order chi connectivity index (χ1) is 9.65. The molecule has 2 aromatic carbocycles. The van der Waals surface area contributed by atoms with Gasteiger partial charge in [-0.1, -0.05) is 17.3 Å². The zero-order chi connectivity index (χ0) is 14.1. The number of nitrogens with zero attached hydrogens (tertiary/aromatic N) is 2. The van der Waals surface area contributed by atoms with Gasteiger partial charge in [0.1, 0.15) is 17.4 Å². The first-order valence-electron chi connectivity index (χ1n) is 5.72. The Morgan fingerprint density at radius 3 is 2.60 bits per heavy atom. The molecule has 0 amide bonds. The topological polar surface area (TPSA) is 59.2 Å². The van der Waals surface area contributed by atoms with Gasteiger partial charge in [-0.05, 0) is 30.3 Å². The van der Waals surface area contributed by atoms with Crippen LogP contribution in [-0.2, 0) is 0 Å². The molecule has 0 aliphatic carbocycles. The lowest BCUT2D eigenvalue weighted by molar-refractivity contribution is 0.424. The Bertz CT molecular complexity index is 771. The molecule has 0 fully saturated rings. The van der Waals surface area contributed by atoms with Gasteiger partial charge in [0.05, 0.1) is 11.1 Å². The van der Waals surface area contributed by atoms with Crippen molar-refractivity contribution in [3.8, 4) is 28.6 Å². The Morgan fingerprint density at radius 1 is 1.00 bits per heavy atom. The summed E-state index contributed by atoms with van der Waals surface area (Å²) in [5.41, 5.74) is 0.221. The van der Waals surface area contributed by atoms with Crippen molar-refractivity contribution in [3.05, 3.63) is 54.1 Å². The number of aromatic hydroxyl groups is 1. The summed E-state index contributed by atoms with van der Waals surface area (Å²) >= 11 is 0. The third-order valence-corrected chi connectivity index (χ3v) is 2.73. The molecule has 1 aromatic heterocycles.